The van der Waals surface area contributed by atoms with Gasteiger partial charge in [0.15, 0.2) is 5.03 Å². The number of ether oxygens (including phenoxy) is 1. The van der Waals surface area contributed by atoms with E-state index in [9.17, 15) is 8.42 Å². The largest absolute Gasteiger partial charge is 0.391 e. The number of imidazole rings is 1. The summed E-state index contributed by atoms with van der Waals surface area (Å²) in [6.45, 7) is 0.687. The van der Waals surface area contributed by atoms with Gasteiger partial charge in [0, 0.05) is 13.1 Å². The van der Waals surface area contributed by atoms with Crippen LogP contribution in [0.25, 0.3) is 0 Å². The van der Waals surface area contributed by atoms with Gasteiger partial charge in [-0.25, -0.2) is 13.4 Å². The molecule has 0 spiro atoms. The molecule has 1 fully saturated rings. The van der Waals surface area contributed by atoms with Gasteiger partial charge in [-0.05, 0) is 0 Å². The molecule has 7 nitrogen and oxygen atoms in total. The number of hydrogen-bond acceptors (Lipinski definition) is 5. The molecule has 0 aromatic carbocycles. The van der Waals surface area contributed by atoms with Crippen molar-refractivity contribution in [3.8, 4) is 0 Å². The SMILES string of the molecule is NC(=S)C1CN(S(=O)(=O)c2cnc[nH]2)CCO1. The van der Waals surface area contributed by atoms with Crippen LogP contribution >= 0.6 is 12.2 Å². The Hall–Kier alpha value is -1.03. The number of H-pyrrole nitrogens is 1. The Labute approximate surface area is 104 Å². The van der Waals surface area contributed by atoms with Gasteiger partial charge in [0.05, 0.1) is 19.1 Å². The van der Waals surface area contributed by atoms with Crippen molar-refractivity contribution >= 4 is 27.2 Å². The minimum atomic E-state index is -3.57. The van der Waals surface area contributed by atoms with Crippen LogP contribution in [0.4, 0.5) is 0 Å². The molecule has 0 bridgehead atoms. The number of morpholine rings is 1. The van der Waals surface area contributed by atoms with Crippen molar-refractivity contribution in [1.82, 2.24) is 14.3 Å². The highest BCUT2D eigenvalue weighted by atomic mass is 32.2. The van der Waals surface area contributed by atoms with Gasteiger partial charge >= 0.3 is 0 Å². The van der Waals surface area contributed by atoms with E-state index < -0.39 is 16.1 Å². The van der Waals surface area contributed by atoms with Crippen LogP contribution in [0, 0.1) is 0 Å². The Kier molecular flexibility index (Phi) is 3.43. The topological polar surface area (TPSA) is 101 Å². The Balaban J connectivity index is 2.20. The predicted molar refractivity (Wildman–Crippen MR) is 63.9 cm³/mol. The number of nitrogens with two attached hydrogens (primary N) is 1. The van der Waals surface area contributed by atoms with Gasteiger partial charge in [0.25, 0.3) is 10.0 Å². The summed E-state index contributed by atoms with van der Waals surface area (Å²) < 4.78 is 30.8. The number of nitrogens with one attached hydrogen (secondary N) is 1. The molecule has 2 heterocycles. The molecule has 1 unspecified atom stereocenters. The van der Waals surface area contributed by atoms with Crippen LogP contribution in [0.1, 0.15) is 0 Å². The first-order valence-corrected chi connectivity index (χ1v) is 6.76. The summed E-state index contributed by atoms with van der Waals surface area (Å²) in [6, 6.07) is 0. The number of nitrogens with zero attached hydrogens (tertiary/aromatic N) is 2. The summed E-state index contributed by atoms with van der Waals surface area (Å²) in [7, 11) is -3.57. The third-order valence-electron chi connectivity index (χ3n) is 2.44. The van der Waals surface area contributed by atoms with Gasteiger partial charge in [-0.2, -0.15) is 4.31 Å². The standard InChI is InChI=1S/C8H12N4O3S2/c9-8(16)6-4-12(1-2-15-6)17(13,14)7-3-10-5-11-7/h3,5-6H,1-2,4H2,(H2,9,16)(H,10,11). The van der Waals surface area contributed by atoms with E-state index in [1.54, 1.807) is 0 Å². The Bertz CT molecular complexity index is 499. The quantitative estimate of drug-likeness (QED) is 0.693. The summed E-state index contributed by atoms with van der Waals surface area (Å²) in [5.74, 6) is 0. The molecule has 1 aromatic rings. The molecule has 94 valence electrons. The average molecular weight is 276 g/mol. The molecular formula is C8H12N4O3S2. The van der Waals surface area contributed by atoms with E-state index in [1.807, 2.05) is 0 Å². The van der Waals surface area contributed by atoms with Crippen LogP contribution in [0.3, 0.4) is 0 Å². The summed E-state index contributed by atoms with van der Waals surface area (Å²) >= 11 is 4.80. The maximum atomic E-state index is 12.1. The van der Waals surface area contributed by atoms with Gasteiger partial charge in [-0.15, -0.1) is 0 Å². The molecule has 1 aromatic heterocycles. The monoisotopic (exact) mass is 276 g/mol. The lowest BCUT2D eigenvalue weighted by Gasteiger charge is -2.30. The number of sulfonamides is 1. The number of aromatic amines is 1. The lowest BCUT2D eigenvalue weighted by molar-refractivity contribution is 0.0385. The second-order valence-corrected chi connectivity index (χ2v) is 5.92. The zero-order chi connectivity index (χ0) is 12.5. The molecule has 0 amide bonds. The van der Waals surface area contributed by atoms with Crippen LogP contribution in [-0.2, 0) is 14.8 Å². The summed E-state index contributed by atoms with van der Waals surface area (Å²) in [5, 5.41) is 0.0566. The minimum absolute atomic E-state index is 0.0566. The van der Waals surface area contributed by atoms with Crippen molar-refractivity contribution in [2.45, 2.75) is 11.1 Å². The third-order valence-corrected chi connectivity index (χ3v) is 4.49. The van der Waals surface area contributed by atoms with E-state index in [4.69, 9.17) is 22.7 Å². The van der Waals surface area contributed by atoms with Gasteiger partial charge < -0.3 is 15.5 Å². The fourth-order valence-corrected chi connectivity index (χ4v) is 3.00. The van der Waals surface area contributed by atoms with Crippen LogP contribution in [-0.4, -0.2) is 53.5 Å². The molecule has 2 rings (SSSR count). The van der Waals surface area contributed by atoms with Crippen LogP contribution < -0.4 is 5.73 Å². The van der Waals surface area contributed by atoms with E-state index in [0.29, 0.717) is 0 Å². The average Bonchev–Trinajstić information content (AvgIpc) is 2.83. The second-order valence-electron chi connectivity index (χ2n) is 3.54. The summed E-state index contributed by atoms with van der Waals surface area (Å²) in [4.78, 5) is 6.43. The number of thiocarbonyl (C=S) groups is 1. The van der Waals surface area contributed by atoms with Gasteiger partial charge in [0.1, 0.15) is 11.1 Å². The fraction of sp³-hybridized carbons (Fsp3) is 0.500. The smallest absolute Gasteiger partial charge is 0.260 e. The van der Waals surface area contributed by atoms with Crippen LogP contribution in [0.15, 0.2) is 17.6 Å². The highest BCUT2D eigenvalue weighted by Crippen LogP contribution is 2.16. The van der Waals surface area contributed by atoms with Crippen molar-refractivity contribution in [2.24, 2.45) is 5.73 Å². The molecule has 1 aliphatic rings. The summed E-state index contributed by atoms with van der Waals surface area (Å²) in [5.41, 5.74) is 5.46. The van der Waals surface area contributed by atoms with E-state index in [-0.39, 0.29) is 29.7 Å². The van der Waals surface area contributed by atoms with Crippen molar-refractivity contribution in [1.29, 1.82) is 0 Å². The molecule has 1 atom stereocenters. The Morgan fingerprint density at radius 1 is 1.71 bits per heavy atom. The molecule has 1 saturated heterocycles. The predicted octanol–water partition coefficient (Wildman–Crippen LogP) is -0.915. The first-order chi connectivity index (χ1) is 8.01. The third kappa shape index (κ3) is 2.46. The van der Waals surface area contributed by atoms with E-state index >= 15 is 0 Å². The van der Waals surface area contributed by atoms with Crippen molar-refractivity contribution in [3.05, 3.63) is 12.5 Å². The molecule has 0 aliphatic carbocycles. The first-order valence-electron chi connectivity index (χ1n) is 4.91. The van der Waals surface area contributed by atoms with Gasteiger partial charge in [-0.3, -0.25) is 0 Å². The summed E-state index contributed by atoms with van der Waals surface area (Å²) in [6.07, 6.45) is 2.05. The first kappa shape index (κ1) is 12.4. The highest BCUT2D eigenvalue weighted by Gasteiger charge is 2.32. The lowest BCUT2D eigenvalue weighted by Crippen LogP contribution is -2.49. The van der Waals surface area contributed by atoms with E-state index in [1.165, 1.54) is 16.8 Å². The second kappa shape index (κ2) is 4.69. The molecule has 0 saturated carbocycles. The maximum Gasteiger partial charge on any atom is 0.260 e. The Morgan fingerprint density at radius 2 is 2.47 bits per heavy atom. The van der Waals surface area contributed by atoms with Gasteiger partial charge in [0.2, 0.25) is 0 Å². The van der Waals surface area contributed by atoms with Crippen LogP contribution in [0.5, 0.6) is 0 Å². The number of hydrogen-bond donors (Lipinski definition) is 2. The van der Waals surface area contributed by atoms with E-state index in [2.05, 4.69) is 9.97 Å². The normalized spacial score (nSPS) is 22.5. The maximum absolute atomic E-state index is 12.1. The zero-order valence-electron chi connectivity index (χ0n) is 8.87. The van der Waals surface area contributed by atoms with Crippen molar-refractivity contribution in [3.63, 3.8) is 0 Å². The Morgan fingerprint density at radius 3 is 3.06 bits per heavy atom. The van der Waals surface area contributed by atoms with Crippen molar-refractivity contribution in [2.75, 3.05) is 19.7 Å². The number of aromatic nitrogens is 2. The van der Waals surface area contributed by atoms with E-state index in [0.717, 1.165) is 0 Å². The molecule has 9 heteroatoms. The number of rotatable bonds is 3. The molecule has 0 radical (unpaired) electrons. The molecule has 17 heavy (non-hydrogen) atoms. The van der Waals surface area contributed by atoms with Crippen LogP contribution in [0.2, 0.25) is 0 Å². The van der Waals surface area contributed by atoms with Gasteiger partial charge in [-0.1, -0.05) is 12.2 Å². The van der Waals surface area contributed by atoms with Crippen molar-refractivity contribution < 1.29 is 13.2 Å². The lowest BCUT2D eigenvalue weighted by atomic mass is 10.3. The zero-order valence-corrected chi connectivity index (χ0v) is 10.5. The highest BCUT2D eigenvalue weighted by molar-refractivity contribution is 7.89. The molecule has 1 aliphatic heterocycles. The molecule has 3 N–H and O–H groups in total. The molecular weight excluding hydrogens is 264 g/mol. The fourth-order valence-electron chi connectivity index (χ4n) is 1.54. The minimum Gasteiger partial charge on any atom is -0.391 e.